The van der Waals surface area contributed by atoms with Crippen LogP contribution < -0.4 is 4.74 Å². The van der Waals surface area contributed by atoms with Crippen molar-refractivity contribution in [1.82, 2.24) is 9.97 Å². The quantitative estimate of drug-likeness (QED) is 0.722. The van der Waals surface area contributed by atoms with Crippen molar-refractivity contribution in [2.75, 3.05) is 7.11 Å². The predicted octanol–water partition coefficient (Wildman–Crippen LogP) is 4.19. The molecule has 0 atom stereocenters. The van der Waals surface area contributed by atoms with Crippen molar-refractivity contribution >= 4 is 11.3 Å². The van der Waals surface area contributed by atoms with Crippen LogP contribution in [0.2, 0.25) is 0 Å². The van der Waals surface area contributed by atoms with Crippen LogP contribution in [0, 0.1) is 6.92 Å². The summed E-state index contributed by atoms with van der Waals surface area (Å²) in [5.74, 6) is 0.646. The topological polar surface area (TPSA) is 35.0 Å². The molecule has 0 aliphatic carbocycles. The Hall–Kier alpha value is -2.20. The van der Waals surface area contributed by atoms with E-state index in [9.17, 15) is 0 Å². The van der Waals surface area contributed by atoms with Crippen molar-refractivity contribution in [2.45, 2.75) is 6.92 Å². The molecule has 3 aromatic rings. The van der Waals surface area contributed by atoms with E-state index in [4.69, 9.17) is 4.74 Å². The minimum atomic E-state index is 0.646. The first kappa shape index (κ1) is 12.8. The van der Waals surface area contributed by atoms with Gasteiger partial charge in [0.05, 0.1) is 17.5 Å². The van der Waals surface area contributed by atoms with Gasteiger partial charge < -0.3 is 4.74 Å². The number of aryl methyl sites for hydroxylation is 1. The maximum Gasteiger partial charge on any atom is 0.213 e. The van der Waals surface area contributed by atoms with Gasteiger partial charge in [0.25, 0.3) is 0 Å². The smallest absolute Gasteiger partial charge is 0.213 e. The van der Waals surface area contributed by atoms with Crippen molar-refractivity contribution in [3.8, 4) is 27.4 Å². The average Bonchev–Trinajstić information content (AvgIpc) is 3.01. The fraction of sp³-hybridized carbons (Fsp3) is 0.125. The van der Waals surface area contributed by atoms with E-state index in [1.807, 2.05) is 24.0 Å². The van der Waals surface area contributed by atoms with Crippen LogP contribution in [0.25, 0.3) is 21.6 Å². The molecular weight excluding hydrogens is 268 g/mol. The average molecular weight is 282 g/mol. The molecule has 3 nitrogen and oxygen atoms in total. The third kappa shape index (κ3) is 2.42. The molecule has 100 valence electrons. The van der Waals surface area contributed by atoms with Crippen LogP contribution in [0.1, 0.15) is 5.56 Å². The molecule has 0 fully saturated rings. The second-order valence-electron chi connectivity index (χ2n) is 4.48. The van der Waals surface area contributed by atoms with Gasteiger partial charge in [-0.25, -0.2) is 4.98 Å². The Bertz CT molecular complexity index is 706. The minimum absolute atomic E-state index is 0.646. The van der Waals surface area contributed by atoms with E-state index < -0.39 is 0 Å². The largest absolute Gasteiger partial charge is 0.481 e. The predicted molar refractivity (Wildman–Crippen MR) is 82.1 cm³/mol. The van der Waals surface area contributed by atoms with Crippen molar-refractivity contribution in [1.29, 1.82) is 0 Å². The summed E-state index contributed by atoms with van der Waals surface area (Å²) < 4.78 is 5.14. The number of aromatic nitrogens is 2. The van der Waals surface area contributed by atoms with Gasteiger partial charge in [-0.1, -0.05) is 24.3 Å². The molecule has 0 radical (unpaired) electrons. The SMILES string of the molecule is COc1cc(C)c(-c2ccc(-c3cncs3)cc2)cn1. The molecule has 2 heterocycles. The highest BCUT2D eigenvalue weighted by Crippen LogP contribution is 2.29. The fourth-order valence-electron chi connectivity index (χ4n) is 2.12. The number of benzene rings is 1. The summed E-state index contributed by atoms with van der Waals surface area (Å²) in [5.41, 5.74) is 6.48. The van der Waals surface area contributed by atoms with Gasteiger partial charge in [0.2, 0.25) is 5.88 Å². The normalized spacial score (nSPS) is 10.5. The Balaban J connectivity index is 1.95. The summed E-state index contributed by atoms with van der Waals surface area (Å²) in [6.07, 6.45) is 3.75. The molecule has 0 aliphatic rings. The van der Waals surface area contributed by atoms with E-state index in [1.165, 1.54) is 10.4 Å². The molecule has 0 bridgehead atoms. The summed E-state index contributed by atoms with van der Waals surface area (Å²) in [4.78, 5) is 9.57. The lowest BCUT2D eigenvalue weighted by atomic mass is 10.0. The molecule has 0 aliphatic heterocycles. The molecule has 0 N–H and O–H groups in total. The van der Waals surface area contributed by atoms with Crippen LogP contribution in [0.5, 0.6) is 5.88 Å². The van der Waals surface area contributed by atoms with Crippen molar-refractivity contribution < 1.29 is 4.74 Å². The number of thiazole rings is 1. The lowest BCUT2D eigenvalue weighted by Crippen LogP contribution is -1.91. The molecule has 1 aromatic carbocycles. The van der Waals surface area contributed by atoms with E-state index in [1.54, 1.807) is 18.4 Å². The Kier molecular flexibility index (Phi) is 3.48. The summed E-state index contributed by atoms with van der Waals surface area (Å²) in [5, 5.41) is 0. The summed E-state index contributed by atoms with van der Waals surface area (Å²) in [6.45, 7) is 2.07. The lowest BCUT2D eigenvalue weighted by molar-refractivity contribution is 0.397. The highest BCUT2D eigenvalue weighted by molar-refractivity contribution is 7.13. The minimum Gasteiger partial charge on any atom is -0.481 e. The van der Waals surface area contributed by atoms with Crippen molar-refractivity contribution in [2.24, 2.45) is 0 Å². The third-order valence-corrected chi connectivity index (χ3v) is 4.03. The molecule has 0 amide bonds. The molecule has 20 heavy (non-hydrogen) atoms. The molecule has 0 spiro atoms. The van der Waals surface area contributed by atoms with E-state index in [2.05, 4.69) is 41.2 Å². The third-order valence-electron chi connectivity index (χ3n) is 3.21. The number of ether oxygens (including phenoxy) is 1. The van der Waals surface area contributed by atoms with Crippen LogP contribution >= 0.6 is 11.3 Å². The van der Waals surface area contributed by atoms with Gasteiger partial charge >= 0.3 is 0 Å². The Morgan fingerprint density at radius 1 is 1.05 bits per heavy atom. The molecule has 4 heteroatoms. The van der Waals surface area contributed by atoms with Gasteiger partial charge in [-0.05, 0) is 23.6 Å². The van der Waals surface area contributed by atoms with Gasteiger partial charge in [0.15, 0.2) is 0 Å². The molecule has 0 saturated carbocycles. The Labute approximate surface area is 121 Å². The first-order valence-electron chi connectivity index (χ1n) is 6.28. The van der Waals surface area contributed by atoms with E-state index in [0.29, 0.717) is 5.88 Å². The zero-order valence-electron chi connectivity index (χ0n) is 11.3. The van der Waals surface area contributed by atoms with Gasteiger partial charge in [0.1, 0.15) is 0 Å². The monoisotopic (exact) mass is 282 g/mol. The second-order valence-corrected chi connectivity index (χ2v) is 5.37. The first-order valence-corrected chi connectivity index (χ1v) is 7.16. The number of hydrogen-bond acceptors (Lipinski definition) is 4. The first-order chi connectivity index (χ1) is 9.78. The maximum atomic E-state index is 5.14. The highest BCUT2D eigenvalue weighted by Gasteiger charge is 2.05. The van der Waals surface area contributed by atoms with Gasteiger partial charge in [0, 0.05) is 24.0 Å². The molecule has 3 rings (SSSR count). The lowest BCUT2D eigenvalue weighted by Gasteiger charge is -2.08. The van der Waals surface area contributed by atoms with Crippen molar-refractivity contribution in [3.63, 3.8) is 0 Å². The zero-order chi connectivity index (χ0) is 13.9. The van der Waals surface area contributed by atoms with Crippen LogP contribution in [0.15, 0.2) is 48.2 Å². The number of methoxy groups -OCH3 is 1. The van der Waals surface area contributed by atoms with Crippen LogP contribution in [-0.2, 0) is 0 Å². The van der Waals surface area contributed by atoms with Gasteiger partial charge in [-0.3, -0.25) is 4.98 Å². The Morgan fingerprint density at radius 2 is 1.80 bits per heavy atom. The molecular formula is C16H14N2OS. The van der Waals surface area contributed by atoms with Crippen molar-refractivity contribution in [3.05, 3.63) is 53.8 Å². The summed E-state index contributed by atoms with van der Waals surface area (Å²) >= 11 is 1.65. The second kappa shape index (κ2) is 5.43. The number of pyridine rings is 1. The van der Waals surface area contributed by atoms with Crippen LogP contribution in [0.3, 0.4) is 0 Å². The fourth-order valence-corrected chi connectivity index (χ4v) is 2.75. The number of hydrogen-bond donors (Lipinski definition) is 0. The maximum absolute atomic E-state index is 5.14. The van der Waals surface area contributed by atoms with E-state index in [-0.39, 0.29) is 0 Å². The molecule has 0 saturated heterocycles. The van der Waals surface area contributed by atoms with Gasteiger partial charge in [-0.15, -0.1) is 11.3 Å². The van der Waals surface area contributed by atoms with Crippen LogP contribution in [-0.4, -0.2) is 17.1 Å². The zero-order valence-corrected chi connectivity index (χ0v) is 12.1. The Morgan fingerprint density at radius 3 is 2.40 bits per heavy atom. The number of rotatable bonds is 3. The molecule has 0 unspecified atom stereocenters. The van der Waals surface area contributed by atoms with E-state index in [0.717, 1.165) is 16.7 Å². The highest BCUT2D eigenvalue weighted by atomic mass is 32.1. The van der Waals surface area contributed by atoms with E-state index >= 15 is 0 Å². The molecule has 2 aromatic heterocycles. The standard InChI is InChI=1S/C16H14N2OS/c1-11-7-16(19-2)18-8-14(11)12-3-5-13(6-4-12)15-9-17-10-20-15/h3-10H,1-2H3. The summed E-state index contributed by atoms with van der Waals surface area (Å²) in [7, 11) is 1.63. The van der Waals surface area contributed by atoms with Crippen LogP contribution in [0.4, 0.5) is 0 Å². The van der Waals surface area contributed by atoms with Gasteiger partial charge in [-0.2, -0.15) is 0 Å². The summed E-state index contributed by atoms with van der Waals surface area (Å²) in [6, 6.07) is 10.4. The number of nitrogens with zero attached hydrogens (tertiary/aromatic N) is 2.